The Morgan fingerprint density at radius 1 is 0.966 bits per heavy atom. The molecule has 0 spiro atoms. The molecule has 1 heterocycles. The summed E-state index contributed by atoms with van der Waals surface area (Å²) in [6, 6.07) is 6.87. The molecule has 0 radical (unpaired) electrons. The van der Waals surface area contributed by atoms with E-state index in [-0.39, 0.29) is 36.8 Å². The number of hydrogen-bond donors (Lipinski definition) is 0. The topological polar surface area (TPSA) is 91.8 Å². The highest BCUT2D eigenvalue weighted by Crippen LogP contribution is 2.21. The van der Waals surface area contributed by atoms with Gasteiger partial charge in [0.1, 0.15) is 5.75 Å². The van der Waals surface area contributed by atoms with Crippen molar-refractivity contribution in [2.24, 2.45) is 0 Å². The zero-order valence-corrected chi connectivity index (χ0v) is 19.1. The molecule has 1 saturated heterocycles. The van der Waals surface area contributed by atoms with E-state index in [0.29, 0.717) is 12.3 Å². The summed E-state index contributed by atoms with van der Waals surface area (Å²) in [5.41, 5.74) is 1.07. The van der Waals surface area contributed by atoms with Crippen molar-refractivity contribution in [2.75, 3.05) is 37.7 Å². The van der Waals surface area contributed by atoms with Crippen LogP contribution >= 0.6 is 0 Å². The zero-order chi connectivity index (χ0) is 21.7. The molecule has 1 fully saturated rings. The second-order valence-electron chi connectivity index (χ2n) is 7.81. The van der Waals surface area contributed by atoms with Crippen LogP contribution in [0.1, 0.15) is 51.5 Å². The average molecular weight is 445 g/mol. The Bertz CT molecular complexity index is 885. The van der Waals surface area contributed by atoms with Crippen molar-refractivity contribution in [1.82, 2.24) is 9.21 Å². The van der Waals surface area contributed by atoms with Gasteiger partial charge in [0.2, 0.25) is 15.9 Å². The second-order valence-corrected chi connectivity index (χ2v) is 11.9. The molecule has 2 rings (SSSR count). The summed E-state index contributed by atoms with van der Waals surface area (Å²) in [6.07, 6.45) is 2.30. The molecule has 0 atom stereocenters. The van der Waals surface area contributed by atoms with Crippen molar-refractivity contribution in [3.8, 4) is 0 Å². The van der Waals surface area contributed by atoms with Gasteiger partial charge in [-0.3, -0.25) is 4.79 Å². The molecule has 0 bridgehead atoms. The van der Waals surface area contributed by atoms with Crippen molar-refractivity contribution >= 4 is 25.8 Å². The fraction of sp³-hybridized carbons (Fsp3) is 0.650. The first-order chi connectivity index (χ1) is 13.6. The van der Waals surface area contributed by atoms with Crippen LogP contribution in [0.4, 0.5) is 0 Å². The summed E-state index contributed by atoms with van der Waals surface area (Å²) in [7, 11) is -7.05. The van der Waals surface area contributed by atoms with Gasteiger partial charge in [-0.25, -0.2) is 16.8 Å². The Kier molecular flexibility index (Phi) is 8.25. The quantitative estimate of drug-likeness (QED) is 0.545. The van der Waals surface area contributed by atoms with Gasteiger partial charge in [-0.15, -0.1) is 0 Å². The maximum atomic E-state index is 12.8. The van der Waals surface area contributed by atoms with Crippen LogP contribution < -0.4 is 0 Å². The lowest BCUT2D eigenvalue weighted by Gasteiger charge is -2.34. The summed E-state index contributed by atoms with van der Waals surface area (Å²) < 4.78 is 51.2. The summed E-state index contributed by atoms with van der Waals surface area (Å²) in [5, 5.41) is 0. The highest BCUT2D eigenvalue weighted by Gasteiger charge is 2.31. The molecule has 0 N–H and O–H groups in total. The summed E-state index contributed by atoms with van der Waals surface area (Å²) in [5.74, 6) is -0.604. The lowest BCUT2D eigenvalue weighted by atomic mass is 10.0. The predicted molar refractivity (Wildman–Crippen MR) is 114 cm³/mol. The molecule has 29 heavy (non-hydrogen) atoms. The Morgan fingerprint density at radius 2 is 1.55 bits per heavy atom. The molecule has 1 amide bonds. The van der Waals surface area contributed by atoms with Crippen LogP contribution in [0.2, 0.25) is 0 Å². The first-order valence-electron chi connectivity index (χ1n) is 10.1. The van der Waals surface area contributed by atoms with Gasteiger partial charge >= 0.3 is 0 Å². The molecular formula is C20H32N2O5S2. The van der Waals surface area contributed by atoms with Crippen LogP contribution in [0.25, 0.3) is 0 Å². The highest BCUT2D eigenvalue weighted by molar-refractivity contribution is 7.92. The number of amides is 1. The van der Waals surface area contributed by atoms with E-state index in [1.54, 1.807) is 12.1 Å². The van der Waals surface area contributed by atoms with E-state index in [0.717, 1.165) is 18.4 Å². The molecule has 1 aliphatic heterocycles. The molecule has 1 aromatic carbocycles. The monoisotopic (exact) mass is 444 g/mol. The maximum absolute atomic E-state index is 12.8. The SMILES string of the molecule is CCCCCS(=O)(=O)CC(=O)N1CCN(S(=O)(=O)c2ccc(C(C)C)cc2)CC1. The number of carbonyl (C=O) groups excluding carboxylic acids is 1. The van der Waals surface area contributed by atoms with E-state index in [2.05, 4.69) is 0 Å². The van der Waals surface area contributed by atoms with Crippen molar-refractivity contribution in [2.45, 2.75) is 50.8 Å². The van der Waals surface area contributed by atoms with Gasteiger partial charge in [0, 0.05) is 26.2 Å². The third-order valence-electron chi connectivity index (χ3n) is 5.18. The van der Waals surface area contributed by atoms with Gasteiger partial charge in [0.25, 0.3) is 0 Å². The van der Waals surface area contributed by atoms with Crippen molar-refractivity contribution in [1.29, 1.82) is 0 Å². The van der Waals surface area contributed by atoms with Crippen LogP contribution in [-0.4, -0.2) is 69.6 Å². The number of carbonyl (C=O) groups is 1. The van der Waals surface area contributed by atoms with Crippen LogP contribution in [0.15, 0.2) is 29.2 Å². The minimum Gasteiger partial charge on any atom is -0.339 e. The van der Waals surface area contributed by atoms with E-state index in [1.807, 2.05) is 32.9 Å². The van der Waals surface area contributed by atoms with Crippen molar-refractivity contribution in [3.05, 3.63) is 29.8 Å². The first kappa shape index (κ1) is 23.8. The average Bonchev–Trinajstić information content (AvgIpc) is 2.68. The van der Waals surface area contributed by atoms with E-state index in [4.69, 9.17) is 0 Å². The summed E-state index contributed by atoms with van der Waals surface area (Å²) in [4.78, 5) is 14.0. The predicted octanol–water partition coefficient (Wildman–Crippen LogP) is 2.25. The maximum Gasteiger partial charge on any atom is 0.243 e. The number of piperazine rings is 1. The fourth-order valence-electron chi connectivity index (χ4n) is 3.28. The number of unbranched alkanes of at least 4 members (excludes halogenated alkanes) is 2. The van der Waals surface area contributed by atoms with E-state index in [9.17, 15) is 21.6 Å². The Morgan fingerprint density at radius 3 is 2.07 bits per heavy atom. The van der Waals surface area contributed by atoms with Gasteiger partial charge in [0.15, 0.2) is 9.84 Å². The third kappa shape index (κ3) is 6.52. The molecule has 0 aromatic heterocycles. The normalized spacial score (nSPS) is 16.3. The number of sulfone groups is 1. The summed E-state index contributed by atoms with van der Waals surface area (Å²) in [6.45, 7) is 6.81. The van der Waals surface area contributed by atoms with E-state index in [1.165, 1.54) is 9.21 Å². The minimum absolute atomic E-state index is 0.0211. The fourth-order valence-corrected chi connectivity index (χ4v) is 6.04. The van der Waals surface area contributed by atoms with E-state index < -0.39 is 31.5 Å². The molecule has 164 valence electrons. The van der Waals surface area contributed by atoms with Gasteiger partial charge in [-0.1, -0.05) is 45.7 Å². The lowest BCUT2D eigenvalue weighted by Crippen LogP contribution is -2.51. The van der Waals surface area contributed by atoms with Gasteiger partial charge in [-0.05, 0) is 30.0 Å². The van der Waals surface area contributed by atoms with Gasteiger partial charge in [0.05, 0.1) is 10.6 Å². The number of benzene rings is 1. The zero-order valence-electron chi connectivity index (χ0n) is 17.5. The first-order valence-corrected chi connectivity index (χ1v) is 13.4. The molecule has 1 aromatic rings. The van der Waals surface area contributed by atoms with Gasteiger partial charge < -0.3 is 4.90 Å². The van der Waals surface area contributed by atoms with Crippen LogP contribution in [0, 0.1) is 0 Å². The summed E-state index contributed by atoms with van der Waals surface area (Å²) >= 11 is 0. The Hall–Kier alpha value is -1.45. The highest BCUT2D eigenvalue weighted by atomic mass is 32.2. The molecule has 1 aliphatic rings. The van der Waals surface area contributed by atoms with E-state index >= 15 is 0 Å². The molecule has 0 unspecified atom stereocenters. The molecule has 9 heteroatoms. The van der Waals surface area contributed by atoms with Crippen molar-refractivity contribution in [3.63, 3.8) is 0 Å². The molecule has 7 nitrogen and oxygen atoms in total. The Labute approximate surface area is 175 Å². The largest absolute Gasteiger partial charge is 0.339 e. The number of rotatable bonds is 9. The third-order valence-corrected chi connectivity index (χ3v) is 8.69. The Balaban J connectivity index is 1.94. The van der Waals surface area contributed by atoms with Crippen molar-refractivity contribution < 1.29 is 21.6 Å². The second kappa shape index (κ2) is 10.0. The van der Waals surface area contributed by atoms with Crippen LogP contribution in [-0.2, 0) is 24.7 Å². The molecule has 0 aliphatic carbocycles. The number of sulfonamides is 1. The standard InChI is InChI=1S/C20H32N2O5S2/c1-4-5-6-15-28(24,25)16-20(23)21-11-13-22(14-12-21)29(26,27)19-9-7-18(8-10-19)17(2)3/h7-10,17H,4-6,11-16H2,1-3H3. The number of nitrogens with zero attached hydrogens (tertiary/aromatic N) is 2. The molecule has 0 saturated carbocycles. The number of hydrogen-bond acceptors (Lipinski definition) is 5. The minimum atomic E-state index is -3.63. The lowest BCUT2D eigenvalue weighted by molar-refractivity contribution is -0.129. The molecular weight excluding hydrogens is 412 g/mol. The van der Waals surface area contributed by atoms with Gasteiger partial charge in [-0.2, -0.15) is 4.31 Å². The van der Waals surface area contributed by atoms with Crippen LogP contribution in [0.5, 0.6) is 0 Å². The smallest absolute Gasteiger partial charge is 0.243 e. The van der Waals surface area contributed by atoms with Crippen LogP contribution in [0.3, 0.4) is 0 Å².